The summed E-state index contributed by atoms with van der Waals surface area (Å²) in [7, 11) is 0. The maximum Gasteiger partial charge on any atom is 1.00 e. The zero-order valence-electron chi connectivity index (χ0n) is 8.01. The molecule has 0 aliphatic heterocycles. The summed E-state index contributed by atoms with van der Waals surface area (Å²) in [4.78, 5) is 9.70. The second kappa shape index (κ2) is 17.0. The first-order chi connectivity index (χ1) is 4.68. The number of aliphatic hydroxyl groups excluding tert-OH is 1. The molecule has 64 valence electrons. The van der Waals surface area contributed by atoms with Crippen LogP contribution in [0.1, 0.15) is 21.2 Å². The Labute approximate surface area is 95.5 Å². The van der Waals surface area contributed by atoms with Crippen molar-refractivity contribution in [3.8, 4) is 0 Å². The van der Waals surface area contributed by atoms with Gasteiger partial charge in [0.1, 0.15) is 0 Å². The van der Waals surface area contributed by atoms with Crippen molar-refractivity contribution in [1.82, 2.24) is 0 Å². The Morgan fingerprint density at radius 3 is 2.09 bits per heavy atom. The van der Waals surface area contributed by atoms with Crippen molar-refractivity contribution in [1.29, 1.82) is 0 Å². The van der Waals surface area contributed by atoms with Gasteiger partial charge < -0.3 is 11.6 Å². The maximum absolute atomic E-state index is 9.70. The molecule has 0 fully saturated rings. The summed E-state index contributed by atoms with van der Waals surface area (Å²) in [5.74, 6) is -0.340. The Balaban J connectivity index is -0.0000000569. The zero-order chi connectivity index (χ0) is 8.41. The SMILES string of the molecule is CCO.O=C(O)CCCCl.[H-].[Na+]. The number of aliphatic carboxylic acids is 1. The number of hydrogen-bond donors (Lipinski definition) is 2. The minimum atomic E-state index is -0.777. The largest absolute Gasteiger partial charge is 1.00 e. The predicted molar refractivity (Wildman–Crippen MR) is 41.5 cm³/mol. The quantitative estimate of drug-likeness (QED) is 0.410. The molecule has 0 bridgehead atoms. The molecule has 0 rings (SSSR count). The molecule has 11 heavy (non-hydrogen) atoms. The topological polar surface area (TPSA) is 57.5 Å². The molecule has 0 aromatic rings. The fourth-order valence-electron chi connectivity index (χ4n) is 0.218. The fraction of sp³-hybridized carbons (Fsp3) is 0.833. The number of halogens is 1. The van der Waals surface area contributed by atoms with Crippen LogP contribution in [-0.4, -0.2) is 28.7 Å². The molecular formula is C6H14ClNaO3. The van der Waals surface area contributed by atoms with Gasteiger partial charge in [-0.25, -0.2) is 0 Å². The van der Waals surface area contributed by atoms with Crippen molar-refractivity contribution in [2.45, 2.75) is 19.8 Å². The van der Waals surface area contributed by atoms with Crippen LogP contribution in [-0.2, 0) is 4.79 Å². The van der Waals surface area contributed by atoms with Gasteiger partial charge in [0.2, 0.25) is 0 Å². The molecule has 0 saturated heterocycles. The second-order valence-electron chi connectivity index (χ2n) is 1.50. The van der Waals surface area contributed by atoms with Crippen molar-refractivity contribution < 1.29 is 46.0 Å². The molecule has 5 heteroatoms. The van der Waals surface area contributed by atoms with Gasteiger partial charge in [0, 0.05) is 18.9 Å². The number of carboxylic acid groups (broad SMARTS) is 1. The van der Waals surface area contributed by atoms with E-state index >= 15 is 0 Å². The third-order valence-corrected chi connectivity index (χ3v) is 0.792. The van der Waals surface area contributed by atoms with Gasteiger partial charge in [-0.15, -0.1) is 11.6 Å². The summed E-state index contributed by atoms with van der Waals surface area (Å²) >= 11 is 5.18. The van der Waals surface area contributed by atoms with Gasteiger partial charge in [-0.1, -0.05) is 0 Å². The summed E-state index contributed by atoms with van der Waals surface area (Å²) in [6.45, 7) is 1.93. The summed E-state index contributed by atoms with van der Waals surface area (Å²) < 4.78 is 0. The average molecular weight is 193 g/mol. The molecule has 0 atom stereocenters. The number of carbonyl (C=O) groups is 1. The van der Waals surface area contributed by atoms with Crippen LogP contribution >= 0.6 is 11.6 Å². The molecule has 0 spiro atoms. The summed E-state index contributed by atoms with van der Waals surface area (Å²) in [5.41, 5.74) is 0. The van der Waals surface area contributed by atoms with Gasteiger partial charge in [0.15, 0.2) is 0 Å². The van der Waals surface area contributed by atoms with Crippen molar-refractivity contribution in [3.63, 3.8) is 0 Å². The van der Waals surface area contributed by atoms with Gasteiger partial charge in [0.25, 0.3) is 0 Å². The Kier molecular flexibility index (Phi) is 27.4. The van der Waals surface area contributed by atoms with E-state index in [9.17, 15) is 4.79 Å². The standard InChI is InChI=1S/C4H7ClO2.C2H6O.Na.H/c5-3-1-2-4(6)7;1-2-3;;/h1-3H2,(H,6,7);3H,2H2,1H3;;/q;;+1;-1. The van der Waals surface area contributed by atoms with E-state index in [0.29, 0.717) is 12.3 Å². The van der Waals surface area contributed by atoms with Gasteiger partial charge in [-0.05, 0) is 13.3 Å². The van der Waals surface area contributed by atoms with Crippen LogP contribution in [0, 0.1) is 0 Å². The maximum atomic E-state index is 9.70. The molecule has 0 aliphatic rings. The van der Waals surface area contributed by atoms with Crippen molar-refractivity contribution in [3.05, 3.63) is 0 Å². The first kappa shape index (κ1) is 17.7. The molecule has 0 unspecified atom stereocenters. The van der Waals surface area contributed by atoms with Crippen molar-refractivity contribution in [2.75, 3.05) is 12.5 Å². The Bertz CT molecular complexity index is 85.2. The first-order valence-electron chi connectivity index (χ1n) is 3.07. The molecule has 0 aromatic heterocycles. The fourth-order valence-corrected chi connectivity index (χ4v) is 0.352. The molecule has 0 amide bonds. The zero-order valence-corrected chi connectivity index (χ0v) is 9.76. The predicted octanol–water partition coefficient (Wildman–Crippen LogP) is -1.79. The Morgan fingerprint density at radius 1 is 1.64 bits per heavy atom. The second-order valence-corrected chi connectivity index (χ2v) is 1.88. The van der Waals surface area contributed by atoms with Crippen LogP contribution < -0.4 is 29.6 Å². The minimum absolute atomic E-state index is 0. The van der Waals surface area contributed by atoms with E-state index in [0.717, 1.165) is 0 Å². The van der Waals surface area contributed by atoms with E-state index in [-0.39, 0.29) is 44.0 Å². The molecule has 0 radical (unpaired) electrons. The van der Waals surface area contributed by atoms with Crippen LogP contribution in [0.25, 0.3) is 0 Å². The van der Waals surface area contributed by atoms with E-state index in [1.165, 1.54) is 0 Å². The van der Waals surface area contributed by atoms with Crippen molar-refractivity contribution in [2.24, 2.45) is 0 Å². The Hall–Kier alpha value is 0.720. The summed E-state index contributed by atoms with van der Waals surface area (Å²) in [6, 6.07) is 0. The third-order valence-electron chi connectivity index (χ3n) is 0.524. The van der Waals surface area contributed by atoms with Gasteiger partial charge in [-0.2, -0.15) is 0 Å². The van der Waals surface area contributed by atoms with Gasteiger partial charge in [-0.3, -0.25) is 4.79 Å². The van der Waals surface area contributed by atoms with Crippen molar-refractivity contribution >= 4 is 17.6 Å². The van der Waals surface area contributed by atoms with E-state index in [2.05, 4.69) is 0 Å². The monoisotopic (exact) mass is 192 g/mol. The molecular weight excluding hydrogens is 179 g/mol. The molecule has 0 aromatic carbocycles. The first-order valence-corrected chi connectivity index (χ1v) is 3.61. The third kappa shape index (κ3) is 36.6. The normalized spacial score (nSPS) is 7.18. The summed E-state index contributed by atoms with van der Waals surface area (Å²) in [6.07, 6.45) is 0.750. The molecule has 2 N–H and O–H groups in total. The van der Waals surface area contributed by atoms with Gasteiger partial charge in [0.05, 0.1) is 0 Å². The van der Waals surface area contributed by atoms with E-state index in [1.807, 2.05) is 0 Å². The van der Waals surface area contributed by atoms with E-state index in [4.69, 9.17) is 21.8 Å². The minimum Gasteiger partial charge on any atom is -1.00 e. The van der Waals surface area contributed by atoms with Crippen LogP contribution in [0.15, 0.2) is 0 Å². The van der Waals surface area contributed by atoms with E-state index in [1.54, 1.807) is 6.92 Å². The molecule has 0 heterocycles. The number of carboxylic acids is 1. The smallest absolute Gasteiger partial charge is 1.00 e. The van der Waals surface area contributed by atoms with E-state index < -0.39 is 5.97 Å². The van der Waals surface area contributed by atoms with Crippen LogP contribution in [0.5, 0.6) is 0 Å². The van der Waals surface area contributed by atoms with Crippen LogP contribution in [0.4, 0.5) is 0 Å². The molecule has 0 saturated carbocycles. The van der Waals surface area contributed by atoms with Gasteiger partial charge >= 0.3 is 35.5 Å². The molecule has 0 aliphatic carbocycles. The van der Waals surface area contributed by atoms with Crippen LogP contribution in [0.2, 0.25) is 0 Å². The number of alkyl halides is 1. The Morgan fingerprint density at radius 2 is 2.00 bits per heavy atom. The van der Waals surface area contributed by atoms with Crippen LogP contribution in [0.3, 0.4) is 0 Å². The number of hydrogen-bond acceptors (Lipinski definition) is 2. The summed E-state index contributed by atoms with van der Waals surface area (Å²) in [5, 5.41) is 15.6. The number of aliphatic hydroxyl groups is 1. The average Bonchev–Trinajstić information content (AvgIpc) is 1.85. The molecule has 3 nitrogen and oxygen atoms in total. The number of rotatable bonds is 3.